The zero-order valence-electron chi connectivity index (χ0n) is 30.8. The zero-order chi connectivity index (χ0) is 33.9. The van der Waals surface area contributed by atoms with Crippen LogP contribution >= 0.6 is 0 Å². The van der Waals surface area contributed by atoms with Crippen molar-refractivity contribution < 1.29 is 49.0 Å². The molecular weight excluding hydrogens is 751 g/mol. The van der Waals surface area contributed by atoms with Gasteiger partial charge in [0.15, 0.2) is 0 Å². The minimum absolute atomic E-state index is 0. The number of benzene rings is 4. The van der Waals surface area contributed by atoms with Gasteiger partial charge in [0, 0.05) is 8.07 Å². The van der Waals surface area contributed by atoms with Crippen molar-refractivity contribution in [2.75, 3.05) is 0 Å². The predicted molar refractivity (Wildman–Crippen MR) is 211 cm³/mol. The average Bonchev–Trinajstić information content (AvgIpc) is 3.61. The van der Waals surface area contributed by atoms with Gasteiger partial charge in [-0.1, -0.05) is 94.3 Å². The summed E-state index contributed by atoms with van der Waals surface area (Å²) in [5, 5.41) is 10.8. The van der Waals surface area contributed by atoms with Crippen LogP contribution in [0, 0.1) is 19.9 Å². The maximum absolute atomic E-state index is 3.78. The van der Waals surface area contributed by atoms with Crippen LogP contribution in [0.1, 0.15) is 28.7 Å². The van der Waals surface area contributed by atoms with Gasteiger partial charge in [0.2, 0.25) is 0 Å². The molecule has 0 N–H and O–H groups in total. The third-order valence-electron chi connectivity index (χ3n) is 8.54. The van der Waals surface area contributed by atoms with Gasteiger partial charge in [-0.05, 0) is 21.9 Å². The van der Waals surface area contributed by atoms with Gasteiger partial charge >= 0.3 is 99.2 Å². The molecule has 6 heteroatoms. The quantitative estimate of drug-likeness (QED) is 0.147. The van der Waals surface area contributed by atoms with E-state index in [1.807, 2.05) is 10.4 Å². The Bertz CT molecular complexity index is 1790. The molecule has 5 aromatic carbocycles. The van der Waals surface area contributed by atoms with Gasteiger partial charge in [0.05, 0.1) is 8.07 Å². The summed E-state index contributed by atoms with van der Waals surface area (Å²) in [5.74, 6) is 0. The Balaban J connectivity index is 0.000000246. The molecule has 0 aliphatic heterocycles. The molecule has 0 saturated heterocycles. The van der Waals surface area contributed by atoms with E-state index in [1.165, 1.54) is 71.2 Å². The number of halogens is 2. The number of fused-ring (bicyclic) bond motifs is 3. The molecule has 48 heavy (non-hydrogen) atoms. The molecule has 0 aromatic heterocycles. The SMILES string of the molecule is C[Si](C)(C)C1=[C-]CC([Si](C)(C)C)=C1[Si](C)(C)C.Cc1ccc2c(c1)[cH-]c1cc(C)ccc12.[Cl-].[Cl-].[Zr+2]=[C](c1ccccc1)c1ccccc1. The number of aryl methyl sites for hydroxylation is 2. The molecule has 5 aromatic rings. The van der Waals surface area contributed by atoms with E-state index in [0.29, 0.717) is 0 Å². The first kappa shape index (κ1) is 42.4. The number of hydrogen-bond donors (Lipinski definition) is 0. The van der Waals surface area contributed by atoms with Crippen molar-refractivity contribution in [3.63, 3.8) is 0 Å². The molecule has 0 spiro atoms. The number of hydrogen-bond acceptors (Lipinski definition) is 0. The van der Waals surface area contributed by atoms with Crippen molar-refractivity contribution in [2.24, 2.45) is 0 Å². The van der Waals surface area contributed by atoms with Gasteiger partial charge in [-0.3, -0.25) is 6.08 Å². The number of rotatable bonds is 5. The maximum atomic E-state index is 3.78. The van der Waals surface area contributed by atoms with Crippen molar-refractivity contribution in [2.45, 2.75) is 79.2 Å². The Morgan fingerprint density at radius 1 is 0.583 bits per heavy atom. The second-order valence-electron chi connectivity index (χ2n) is 15.8. The Morgan fingerprint density at radius 2 is 1.00 bits per heavy atom. The first-order valence-electron chi connectivity index (χ1n) is 16.6. The van der Waals surface area contributed by atoms with Crippen molar-refractivity contribution in [3.05, 3.63) is 147 Å². The van der Waals surface area contributed by atoms with Gasteiger partial charge in [0.25, 0.3) is 0 Å². The molecular formula is C42H52Cl2Si3Zr-2. The van der Waals surface area contributed by atoms with Gasteiger partial charge in [-0.15, -0.1) is 46.2 Å². The van der Waals surface area contributed by atoms with Crippen LogP contribution in [-0.4, -0.2) is 27.4 Å². The summed E-state index contributed by atoms with van der Waals surface area (Å²) in [6, 6.07) is 36.7. The van der Waals surface area contributed by atoms with Crippen LogP contribution in [0.25, 0.3) is 21.5 Å². The summed E-state index contributed by atoms with van der Waals surface area (Å²) in [6.07, 6.45) is 4.93. The van der Waals surface area contributed by atoms with E-state index in [2.05, 4.69) is 182 Å². The molecule has 0 nitrogen and oxygen atoms in total. The first-order chi connectivity index (χ1) is 21.5. The summed E-state index contributed by atoms with van der Waals surface area (Å²) >= 11 is 1.46. The standard InChI is InChI=1S/C15H13.C14H29Si3.C13H10.2ClH.Zr/c1-10-3-5-14-12(7-10)9-13-8-11(2)4-6-15(13)14;1-15(2,3)12-10-11-13(16(4,5)6)14(12)17(7,8)9;1-3-7-12(8-4-1)11-13-9-5-2-6-10-13;;;/h3-9H,1-2H3;10H2,1-9H3;1-10H;2*1H;/q2*-1;;;;+2/p-2. The second kappa shape index (κ2) is 17.4. The second-order valence-corrected chi connectivity index (χ2v) is 32.1. The van der Waals surface area contributed by atoms with Gasteiger partial charge in [0.1, 0.15) is 0 Å². The van der Waals surface area contributed by atoms with Crippen LogP contribution in [0.4, 0.5) is 0 Å². The van der Waals surface area contributed by atoms with Crippen molar-refractivity contribution in [3.8, 4) is 0 Å². The predicted octanol–water partition coefficient (Wildman–Crippen LogP) is 6.19. The molecule has 0 saturated carbocycles. The Labute approximate surface area is 321 Å². The van der Waals surface area contributed by atoms with Crippen molar-refractivity contribution >= 4 is 49.0 Å². The minimum atomic E-state index is -1.22. The first-order valence-corrected chi connectivity index (χ1v) is 28.3. The summed E-state index contributed by atoms with van der Waals surface area (Å²) in [6.45, 7) is 26.7. The normalized spacial score (nSPS) is 13.1. The van der Waals surface area contributed by atoms with E-state index in [1.54, 1.807) is 5.20 Å². The summed E-state index contributed by atoms with van der Waals surface area (Å²) < 4.78 is 1.42. The van der Waals surface area contributed by atoms with Crippen LogP contribution in [0.3, 0.4) is 0 Å². The van der Waals surface area contributed by atoms with Crippen LogP contribution in [0.15, 0.2) is 119 Å². The van der Waals surface area contributed by atoms with E-state index in [0.717, 1.165) is 6.42 Å². The molecule has 0 bridgehead atoms. The summed E-state index contributed by atoms with van der Waals surface area (Å²) in [7, 11) is -3.60. The van der Waals surface area contributed by atoms with Crippen LogP contribution in [0.2, 0.25) is 58.9 Å². The number of allylic oxidation sites excluding steroid dienone is 4. The van der Waals surface area contributed by atoms with Crippen molar-refractivity contribution in [1.29, 1.82) is 0 Å². The fraction of sp³-hybridized carbons (Fsp3) is 0.286. The molecule has 1 aliphatic carbocycles. The van der Waals surface area contributed by atoms with Crippen LogP contribution in [-0.2, 0) is 24.2 Å². The molecule has 0 heterocycles. The van der Waals surface area contributed by atoms with E-state index >= 15 is 0 Å². The molecule has 0 amide bonds. The molecule has 6 rings (SSSR count). The Hall–Kier alpha value is -1.79. The summed E-state index contributed by atoms with van der Waals surface area (Å²) in [4.78, 5) is 0. The van der Waals surface area contributed by atoms with E-state index in [4.69, 9.17) is 0 Å². The average molecular weight is 803 g/mol. The molecule has 0 unspecified atom stereocenters. The van der Waals surface area contributed by atoms with Crippen molar-refractivity contribution in [1.82, 2.24) is 0 Å². The van der Waals surface area contributed by atoms with Gasteiger partial charge in [-0.2, -0.15) is 5.20 Å². The van der Waals surface area contributed by atoms with Crippen LogP contribution < -0.4 is 24.8 Å². The molecule has 0 fully saturated rings. The van der Waals surface area contributed by atoms with E-state index in [-0.39, 0.29) is 24.8 Å². The van der Waals surface area contributed by atoms with E-state index < -0.39 is 24.2 Å². The third kappa shape index (κ3) is 10.9. The third-order valence-corrected chi connectivity index (χ3v) is 16.7. The molecule has 1 aliphatic rings. The molecule has 252 valence electrons. The monoisotopic (exact) mass is 800 g/mol. The Kier molecular flexibility index (Phi) is 15.4. The fourth-order valence-corrected chi connectivity index (χ4v) is 16.5. The van der Waals surface area contributed by atoms with Gasteiger partial charge in [-0.25, -0.2) is 10.4 Å². The Morgan fingerprint density at radius 3 is 1.35 bits per heavy atom. The zero-order valence-corrected chi connectivity index (χ0v) is 37.7. The van der Waals surface area contributed by atoms with Gasteiger partial charge < -0.3 is 24.8 Å². The van der Waals surface area contributed by atoms with E-state index in [9.17, 15) is 0 Å². The van der Waals surface area contributed by atoms with Crippen LogP contribution in [0.5, 0.6) is 0 Å². The molecule has 0 radical (unpaired) electrons. The topological polar surface area (TPSA) is 0 Å². The molecule has 0 atom stereocenters. The summed E-state index contributed by atoms with van der Waals surface area (Å²) in [5.41, 5.74) is 5.32. The fourth-order valence-electron chi connectivity index (χ4n) is 6.25.